The van der Waals surface area contributed by atoms with Crippen LogP contribution < -0.4 is 10.1 Å². The standard InChI is InChI=1S/C20H18N4O2/c1-2-26-14-9-7-13(8-10-14)18-11-19(24-23-18)21-12-16-15-5-3-4-6-17(15)22-20(16)25/h3-12,16H,2H2,1H3,(H,22,25)(H,23,24). The Hall–Kier alpha value is -3.41. The van der Waals surface area contributed by atoms with Gasteiger partial charge in [0, 0.05) is 18.0 Å². The van der Waals surface area contributed by atoms with Gasteiger partial charge in [0.2, 0.25) is 5.91 Å². The Labute approximate surface area is 150 Å². The minimum absolute atomic E-state index is 0.0720. The minimum atomic E-state index is -0.392. The molecule has 2 aromatic carbocycles. The van der Waals surface area contributed by atoms with Crippen LogP contribution in [0, 0.1) is 0 Å². The third-order valence-electron chi connectivity index (χ3n) is 4.23. The summed E-state index contributed by atoms with van der Waals surface area (Å²) in [5.41, 5.74) is 3.62. The highest BCUT2D eigenvalue weighted by Crippen LogP contribution is 2.31. The number of rotatable bonds is 5. The zero-order valence-corrected chi connectivity index (χ0v) is 14.3. The fraction of sp³-hybridized carbons (Fsp3) is 0.150. The van der Waals surface area contributed by atoms with E-state index >= 15 is 0 Å². The molecule has 0 fully saturated rings. The van der Waals surface area contributed by atoms with Crippen LogP contribution in [-0.2, 0) is 4.79 Å². The molecule has 0 saturated carbocycles. The second-order valence-corrected chi connectivity index (χ2v) is 5.93. The smallest absolute Gasteiger partial charge is 0.237 e. The summed E-state index contributed by atoms with van der Waals surface area (Å²) in [4.78, 5) is 16.5. The number of nitrogens with one attached hydrogen (secondary N) is 2. The van der Waals surface area contributed by atoms with Crippen LogP contribution in [0.2, 0.25) is 0 Å². The van der Waals surface area contributed by atoms with E-state index in [1.165, 1.54) is 0 Å². The number of hydrogen-bond acceptors (Lipinski definition) is 4. The van der Waals surface area contributed by atoms with Crippen LogP contribution in [0.1, 0.15) is 18.4 Å². The normalized spacial score (nSPS) is 15.9. The average molecular weight is 346 g/mol. The molecular weight excluding hydrogens is 328 g/mol. The molecule has 26 heavy (non-hydrogen) atoms. The maximum Gasteiger partial charge on any atom is 0.237 e. The van der Waals surface area contributed by atoms with Gasteiger partial charge in [0.25, 0.3) is 0 Å². The zero-order chi connectivity index (χ0) is 17.9. The summed E-state index contributed by atoms with van der Waals surface area (Å²) in [6, 6.07) is 17.3. The molecule has 130 valence electrons. The quantitative estimate of drug-likeness (QED) is 0.687. The number of carbonyl (C=O) groups is 1. The van der Waals surface area contributed by atoms with Crippen LogP contribution in [0.5, 0.6) is 5.75 Å². The lowest BCUT2D eigenvalue weighted by Crippen LogP contribution is -2.12. The number of carbonyl (C=O) groups excluding carboxylic acids is 1. The van der Waals surface area contributed by atoms with Crippen LogP contribution in [0.15, 0.2) is 59.6 Å². The van der Waals surface area contributed by atoms with Crippen molar-refractivity contribution in [2.24, 2.45) is 4.99 Å². The van der Waals surface area contributed by atoms with E-state index in [9.17, 15) is 4.79 Å². The summed E-state index contributed by atoms with van der Waals surface area (Å²) in [6.07, 6.45) is 1.64. The molecule has 6 heteroatoms. The number of hydrogen-bond donors (Lipinski definition) is 2. The first-order chi connectivity index (χ1) is 12.7. The Morgan fingerprint density at radius 2 is 2.00 bits per heavy atom. The molecular formula is C20H18N4O2. The van der Waals surface area contributed by atoms with Gasteiger partial charge in [0.1, 0.15) is 11.7 Å². The Morgan fingerprint density at radius 3 is 2.81 bits per heavy atom. The molecule has 1 amide bonds. The van der Waals surface area contributed by atoms with Crippen molar-refractivity contribution in [3.8, 4) is 17.0 Å². The lowest BCUT2D eigenvalue weighted by atomic mass is 10.0. The summed E-state index contributed by atoms with van der Waals surface area (Å²) in [5, 5.41) is 10.0. The fourth-order valence-corrected chi connectivity index (χ4v) is 2.96. The number of para-hydroxylation sites is 1. The van der Waals surface area contributed by atoms with Gasteiger partial charge in [0.05, 0.1) is 12.3 Å². The lowest BCUT2D eigenvalue weighted by Gasteiger charge is -2.03. The molecule has 0 radical (unpaired) electrons. The second kappa shape index (κ2) is 6.84. The maximum atomic E-state index is 12.1. The number of H-pyrrole nitrogens is 1. The van der Waals surface area contributed by atoms with Crippen molar-refractivity contribution in [2.45, 2.75) is 12.8 Å². The van der Waals surface area contributed by atoms with E-state index in [0.29, 0.717) is 12.4 Å². The van der Waals surface area contributed by atoms with Gasteiger partial charge in [-0.2, -0.15) is 5.10 Å². The molecule has 6 nitrogen and oxygen atoms in total. The van der Waals surface area contributed by atoms with Gasteiger partial charge >= 0.3 is 0 Å². The number of aromatic nitrogens is 2. The van der Waals surface area contributed by atoms with E-state index in [0.717, 1.165) is 28.3 Å². The number of anilines is 1. The van der Waals surface area contributed by atoms with Crippen molar-refractivity contribution in [3.63, 3.8) is 0 Å². The molecule has 0 bridgehead atoms. The van der Waals surface area contributed by atoms with Crippen molar-refractivity contribution in [3.05, 3.63) is 60.2 Å². The molecule has 2 heterocycles. The molecule has 1 atom stereocenters. The summed E-state index contributed by atoms with van der Waals surface area (Å²) in [6.45, 7) is 2.59. The van der Waals surface area contributed by atoms with E-state index in [1.807, 2.05) is 61.5 Å². The molecule has 0 saturated heterocycles. The molecule has 0 spiro atoms. The first-order valence-electron chi connectivity index (χ1n) is 8.47. The number of ether oxygens (including phenoxy) is 1. The molecule has 2 N–H and O–H groups in total. The number of benzene rings is 2. The van der Waals surface area contributed by atoms with Crippen LogP contribution >= 0.6 is 0 Å². The summed E-state index contributed by atoms with van der Waals surface area (Å²) < 4.78 is 5.45. The van der Waals surface area contributed by atoms with Gasteiger partial charge in [-0.15, -0.1) is 0 Å². The molecule has 1 aromatic heterocycles. The van der Waals surface area contributed by atoms with Crippen molar-refractivity contribution in [1.29, 1.82) is 0 Å². The second-order valence-electron chi connectivity index (χ2n) is 5.93. The Bertz CT molecular complexity index is 960. The molecule has 1 aliphatic heterocycles. The van der Waals surface area contributed by atoms with Gasteiger partial charge < -0.3 is 10.1 Å². The van der Waals surface area contributed by atoms with Crippen LogP contribution in [0.25, 0.3) is 11.3 Å². The lowest BCUT2D eigenvalue weighted by molar-refractivity contribution is -0.115. The van der Waals surface area contributed by atoms with Gasteiger partial charge in [0.15, 0.2) is 5.82 Å². The predicted molar refractivity (Wildman–Crippen MR) is 101 cm³/mol. The number of aromatic amines is 1. The highest BCUT2D eigenvalue weighted by atomic mass is 16.5. The third-order valence-corrected chi connectivity index (χ3v) is 4.23. The SMILES string of the molecule is CCOc1ccc(-c2cc(N=CC3C(=O)Nc4ccccc43)n[nH]2)cc1. The Kier molecular flexibility index (Phi) is 4.23. The number of fused-ring (bicyclic) bond motifs is 1. The minimum Gasteiger partial charge on any atom is -0.494 e. The molecule has 1 unspecified atom stereocenters. The largest absolute Gasteiger partial charge is 0.494 e. The summed E-state index contributed by atoms with van der Waals surface area (Å²) in [7, 11) is 0. The highest BCUT2D eigenvalue weighted by molar-refractivity contribution is 6.12. The van der Waals surface area contributed by atoms with Crippen LogP contribution in [0.3, 0.4) is 0 Å². The van der Waals surface area contributed by atoms with Gasteiger partial charge in [-0.3, -0.25) is 9.89 Å². The van der Waals surface area contributed by atoms with E-state index in [1.54, 1.807) is 6.21 Å². The number of amides is 1. The van der Waals surface area contributed by atoms with Gasteiger partial charge in [-0.1, -0.05) is 18.2 Å². The summed E-state index contributed by atoms with van der Waals surface area (Å²) in [5.74, 6) is 0.903. The van der Waals surface area contributed by atoms with Crippen LogP contribution in [-0.4, -0.2) is 28.9 Å². The Balaban J connectivity index is 1.52. The fourth-order valence-electron chi connectivity index (χ4n) is 2.96. The maximum absolute atomic E-state index is 12.1. The molecule has 3 aromatic rings. The van der Waals surface area contributed by atoms with Crippen LogP contribution in [0.4, 0.5) is 11.5 Å². The summed E-state index contributed by atoms with van der Waals surface area (Å²) >= 11 is 0. The first kappa shape index (κ1) is 16.1. The van der Waals surface area contributed by atoms with Gasteiger partial charge in [-0.25, -0.2) is 4.99 Å². The number of nitrogens with zero attached hydrogens (tertiary/aromatic N) is 2. The highest BCUT2D eigenvalue weighted by Gasteiger charge is 2.28. The van der Waals surface area contributed by atoms with E-state index in [2.05, 4.69) is 20.5 Å². The van der Waals surface area contributed by atoms with Crippen molar-refractivity contribution >= 4 is 23.6 Å². The van der Waals surface area contributed by atoms with Crippen molar-refractivity contribution in [2.75, 3.05) is 11.9 Å². The van der Waals surface area contributed by atoms with Crippen molar-refractivity contribution < 1.29 is 9.53 Å². The molecule has 0 aliphatic carbocycles. The van der Waals surface area contributed by atoms with Crippen molar-refractivity contribution in [1.82, 2.24) is 10.2 Å². The monoisotopic (exact) mass is 346 g/mol. The molecule has 4 rings (SSSR count). The molecule has 1 aliphatic rings. The number of aliphatic imine (C=N–C) groups is 1. The Morgan fingerprint density at radius 1 is 1.19 bits per heavy atom. The van der Waals surface area contributed by atoms with E-state index in [-0.39, 0.29) is 5.91 Å². The topological polar surface area (TPSA) is 79.4 Å². The first-order valence-corrected chi connectivity index (χ1v) is 8.47. The third kappa shape index (κ3) is 3.09. The predicted octanol–water partition coefficient (Wildman–Crippen LogP) is 3.91. The van der Waals surface area contributed by atoms with E-state index in [4.69, 9.17) is 4.74 Å². The average Bonchev–Trinajstić information content (AvgIpc) is 3.25. The van der Waals surface area contributed by atoms with Gasteiger partial charge in [-0.05, 0) is 48.4 Å². The zero-order valence-electron chi connectivity index (χ0n) is 14.3. The van der Waals surface area contributed by atoms with E-state index < -0.39 is 5.92 Å².